The lowest BCUT2D eigenvalue weighted by atomic mass is 9.74. The number of aliphatic hydroxyl groups is 6. The number of methoxy groups -OCH3 is 1. The second kappa shape index (κ2) is 26.7. The van der Waals surface area contributed by atoms with Gasteiger partial charge in [0.15, 0.2) is 24.4 Å². The van der Waals surface area contributed by atoms with E-state index in [1.165, 1.54) is 27.2 Å². The van der Waals surface area contributed by atoms with Crippen molar-refractivity contribution in [1.29, 1.82) is 0 Å². The first kappa shape index (κ1) is 58.5. The molecule has 16 atom stereocenters. The third-order valence-electron chi connectivity index (χ3n) is 13.9. The summed E-state index contributed by atoms with van der Waals surface area (Å²) in [5, 5.41) is 87.4. The topological polar surface area (TPSA) is 384 Å². The SMILES string of the molecule is CC[C@@H]1CC(C(=O)CCCNC(=O)c2cn(CC(CO)(COC)COS(=O)(=O)O)nn2)C[C@@H](O[C@@H]2O[C@@H](CO)[C@H](O)C(O[C@@H](CC3CCCCC3)C(=O)O)C2NC(C)=O)C1O[C@@H]1OC(C)[C@@H](O)[C@H](O)C1O. The van der Waals surface area contributed by atoms with E-state index in [9.17, 15) is 63.3 Å². The number of carbonyl (C=O) groups excluding carboxylic acids is 3. The van der Waals surface area contributed by atoms with E-state index in [0.717, 1.165) is 36.8 Å². The number of ether oxygens (including phenoxy) is 6. The van der Waals surface area contributed by atoms with Crippen LogP contribution in [0.1, 0.15) is 102 Å². The number of nitrogens with zero attached hydrogens (tertiary/aromatic N) is 3. The number of hydrogen-bond donors (Lipinski definition) is 10. The summed E-state index contributed by atoms with van der Waals surface area (Å²) in [7, 11) is -3.55. The first-order chi connectivity index (χ1) is 33.6. The lowest BCUT2D eigenvalue weighted by molar-refractivity contribution is -0.338. The highest BCUT2D eigenvalue weighted by Crippen LogP contribution is 2.40. The van der Waals surface area contributed by atoms with Crippen LogP contribution in [0.2, 0.25) is 0 Å². The fourth-order valence-corrected chi connectivity index (χ4v) is 10.4. The van der Waals surface area contributed by atoms with E-state index in [-0.39, 0.29) is 69.2 Å². The molecular weight excluding hydrogens is 967 g/mol. The number of aliphatic hydroxyl groups excluding tert-OH is 6. The Morgan fingerprint density at radius 1 is 0.958 bits per heavy atom. The van der Waals surface area contributed by atoms with Crippen LogP contribution in [0.3, 0.4) is 0 Å². The van der Waals surface area contributed by atoms with Gasteiger partial charge in [-0.25, -0.2) is 8.98 Å². The molecule has 1 aromatic rings. The van der Waals surface area contributed by atoms with Crippen molar-refractivity contribution >= 4 is 34.0 Å². The number of Topliss-reactive ketones (excluding diaryl/α,β-unsaturated/α-hetero) is 1. The van der Waals surface area contributed by atoms with Crippen LogP contribution in [0.25, 0.3) is 0 Å². The zero-order chi connectivity index (χ0) is 52.2. The minimum Gasteiger partial charge on any atom is -0.479 e. The van der Waals surface area contributed by atoms with Gasteiger partial charge in [0.05, 0.1) is 62.9 Å². The third kappa shape index (κ3) is 16.1. The van der Waals surface area contributed by atoms with Crippen molar-refractivity contribution in [2.75, 3.05) is 40.1 Å². The quantitative estimate of drug-likeness (QED) is 0.0362. The Balaban J connectivity index is 1.33. The highest BCUT2D eigenvalue weighted by Gasteiger charge is 2.53. The standard InChI is InChI=1S/C44H73N5O21S/c1-5-26-15-27(29(53)12-9-13-45-40(58)28-17-49(48-47-28)19-44(20-51,21-64-4)22-65-71(61,62)63)16-30(38(26)70-43-37(57)36(56)34(54)23(2)66-43)68-42-33(46-24(3)52)39(35(55)32(18-50)69-42)67-31(41(59)60)14-25-10-7-6-8-11-25/h17,23,25-27,30-39,42-43,50-51,54-57H,5-16,18-22H2,1-4H3,(H,45,58)(H,46,52)(H,59,60)(H,61,62,63)/t23?,26-,27?,30-,31+,32+,33?,34-,35+,36+,37?,38?,39?,42-,43+,44?/m1/s1. The van der Waals surface area contributed by atoms with Crippen LogP contribution in [0.5, 0.6) is 0 Å². The molecule has 0 bridgehead atoms. The molecule has 3 heterocycles. The summed E-state index contributed by atoms with van der Waals surface area (Å²) in [4.78, 5) is 52.6. The van der Waals surface area contributed by atoms with Gasteiger partial charge in [-0.1, -0.05) is 50.7 Å². The molecule has 27 heteroatoms. The molecule has 1 aromatic heterocycles. The molecule has 7 unspecified atom stereocenters. The lowest BCUT2D eigenvalue weighted by Gasteiger charge is -2.49. The van der Waals surface area contributed by atoms with Gasteiger partial charge in [0.1, 0.15) is 48.4 Å². The molecule has 0 spiro atoms. The van der Waals surface area contributed by atoms with Gasteiger partial charge < -0.3 is 74.8 Å². The average Bonchev–Trinajstić information content (AvgIpc) is 3.80. The Hall–Kier alpha value is -3.39. The van der Waals surface area contributed by atoms with E-state index in [1.807, 2.05) is 6.92 Å². The molecule has 2 aliphatic heterocycles. The van der Waals surface area contributed by atoms with Crippen molar-refractivity contribution in [2.45, 2.75) is 178 Å². The van der Waals surface area contributed by atoms with Crippen LogP contribution in [-0.4, -0.2) is 207 Å². The molecule has 2 saturated carbocycles. The maximum Gasteiger partial charge on any atom is 0.397 e. The van der Waals surface area contributed by atoms with Crippen LogP contribution in [-0.2, 0) is 63.9 Å². The molecule has 4 fully saturated rings. The van der Waals surface area contributed by atoms with Gasteiger partial charge >= 0.3 is 16.4 Å². The molecule has 0 aromatic carbocycles. The van der Waals surface area contributed by atoms with E-state index < -0.39 is 145 Å². The summed E-state index contributed by atoms with van der Waals surface area (Å²) in [6, 6.07) is -1.37. The number of nitrogens with one attached hydrogen (secondary N) is 2. The second-order valence-corrected chi connectivity index (χ2v) is 20.4. The van der Waals surface area contributed by atoms with Gasteiger partial charge in [-0.2, -0.15) is 8.42 Å². The molecule has 71 heavy (non-hydrogen) atoms. The van der Waals surface area contributed by atoms with Crippen LogP contribution in [0.4, 0.5) is 0 Å². The monoisotopic (exact) mass is 1040 g/mol. The number of aliphatic carboxylic acids is 1. The Bertz CT molecular complexity index is 1990. The van der Waals surface area contributed by atoms with Crippen molar-refractivity contribution in [3.05, 3.63) is 11.9 Å². The second-order valence-electron chi connectivity index (χ2n) is 19.3. The Labute approximate surface area is 411 Å². The highest BCUT2D eigenvalue weighted by atomic mass is 32.3. The smallest absolute Gasteiger partial charge is 0.397 e. The number of aromatic nitrogens is 3. The van der Waals surface area contributed by atoms with E-state index >= 15 is 0 Å². The van der Waals surface area contributed by atoms with Crippen molar-refractivity contribution in [2.24, 2.45) is 23.2 Å². The minimum atomic E-state index is -4.85. The summed E-state index contributed by atoms with van der Waals surface area (Å²) in [5.41, 5.74) is -1.54. The van der Waals surface area contributed by atoms with Crippen LogP contribution < -0.4 is 10.6 Å². The Kier molecular flexibility index (Phi) is 22.0. The maximum atomic E-state index is 14.1. The molecule has 0 radical (unpaired) electrons. The third-order valence-corrected chi connectivity index (χ3v) is 14.3. The molecule has 5 rings (SSSR count). The van der Waals surface area contributed by atoms with Crippen molar-refractivity contribution in [3.63, 3.8) is 0 Å². The van der Waals surface area contributed by atoms with Gasteiger partial charge in [0, 0.05) is 32.9 Å². The number of rotatable bonds is 26. The number of hydrogen-bond acceptors (Lipinski definition) is 21. The molecule has 10 N–H and O–H groups in total. The fraction of sp³-hybridized carbons (Fsp3) is 0.864. The minimum absolute atomic E-state index is 0.0153. The van der Waals surface area contributed by atoms with Gasteiger partial charge in [-0.15, -0.1) is 5.10 Å². The predicted molar refractivity (Wildman–Crippen MR) is 241 cm³/mol. The summed E-state index contributed by atoms with van der Waals surface area (Å²) >= 11 is 0. The number of carbonyl (C=O) groups is 4. The van der Waals surface area contributed by atoms with Crippen LogP contribution in [0.15, 0.2) is 6.20 Å². The first-order valence-electron chi connectivity index (χ1n) is 24.2. The van der Waals surface area contributed by atoms with E-state index in [1.54, 1.807) is 0 Å². The Morgan fingerprint density at radius 2 is 1.68 bits per heavy atom. The zero-order valence-electron chi connectivity index (χ0n) is 40.5. The Morgan fingerprint density at radius 3 is 2.30 bits per heavy atom. The lowest BCUT2D eigenvalue weighted by Crippen LogP contribution is -2.67. The van der Waals surface area contributed by atoms with E-state index in [0.29, 0.717) is 6.42 Å². The summed E-state index contributed by atoms with van der Waals surface area (Å²) < 4.78 is 73.4. The highest BCUT2D eigenvalue weighted by molar-refractivity contribution is 7.80. The van der Waals surface area contributed by atoms with Gasteiger partial charge in [-0.3, -0.25) is 23.6 Å². The number of carboxylic acids is 1. The fourth-order valence-electron chi connectivity index (χ4n) is 9.99. The molecule has 2 aliphatic carbocycles. The molecular formula is C44H73N5O21S. The van der Waals surface area contributed by atoms with Gasteiger partial charge in [0.25, 0.3) is 5.91 Å². The largest absolute Gasteiger partial charge is 0.479 e. The number of amides is 2. The molecule has 2 saturated heterocycles. The van der Waals surface area contributed by atoms with Crippen LogP contribution >= 0.6 is 0 Å². The molecule has 406 valence electrons. The average molecular weight is 1040 g/mol. The van der Waals surface area contributed by atoms with Gasteiger partial charge in [-0.05, 0) is 44.4 Å². The molecule has 4 aliphatic rings. The summed E-state index contributed by atoms with van der Waals surface area (Å²) in [6.45, 7) is 2.00. The van der Waals surface area contributed by atoms with Crippen LogP contribution in [0, 0.1) is 23.2 Å². The number of carboxylic acid groups (broad SMARTS) is 1. The van der Waals surface area contributed by atoms with E-state index in [2.05, 4.69) is 25.1 Å². The molecule has 26 nitrogen and oxygen atoms in total. The molecule has 2 amide bonds. The van der Waals surface area contributed by atoms with Crippen molar-refractivity contribution in [1.82, 2.24) is 25.6 Å². The summed E-state index contributed by atoms with van der Waals surface area (Å²) in [6.07, 6.45) is -10.2. The van der Waals surface area contributed by atoms with Crippen molar-refractivity contribution < 1.29 is 100 Å². The zero-order valence-corrected chi connectivity index (χ0v) is 41.3. The maximum absolute atomic E-state index is 14.1. The summed E-state index contributed by atoms with van der Waals surface area (Å²) in [5.74, 6) is -3.93. The van der Waals surface area contributed by atoms with Gasteiger partial charge in [0.2, 0.25) is 5.91 Å². The van der Waals surface area contributed by atoms with Crippen molar-refractivity contribution in [3.8, 4) is 0 Å². The first-order valence-corrected chi connectivity index (χ1v) is 25.5. The normalized spacial score (nSPS) is 33.2. The predicted octanol–water partition coefficient (Wildman–Crippen LogP) is -1.77. The number of ketones is 1. The van der Waals surface area contributed by atoms with E-state index in [4.69, 9.17) is 33.0 Å².